The van der Waals surface area contributed by atoms with Crippen molar-refractivity contribution in [3.63, 3.8) is 0 Å². The van der Waals surface area contributed by atoms with Gasteiger partial charge in [0.2, 0.25) is 0 Å². The zero-order chi connectivity index (χ0) is 24.7. The highest BCUT2D eigenvalue weighted by atomic mass is 35.5. The quantitative estimate of drug-likeness (QED) is 0.324. The van der Waals surface area contributed by atoms with Crippen LogP contribution in [-0.2, 0) is 0 Å². The van der Waals surface area contributed by atoms with Crippen LogP contribution in [0.3, 0.4) is 0 Å². The number of anilines is 1. The maximum atomic E-state index is 14.5. The Morgan fingerprint density at radius 1 is 1.15 bits per heavy atom. The van der Waals surface area contributed by atoms with Crippen LogP contribution in [0.4, 0.5) is 14.5 Å². The van der Waals surface area contributed by atoms with Crippen LogP contribution >= 0.6 is 11.6 Å². The Kier molecular flexibility index (Phi) is 6.10. The lowest BCUT2D eigenvalue weighted by Crippen LogP contribution is -2.14. The summed E-state index contributed by atoms with van der Waals surface area (Å²) in [6, 6.07) is 8.89. The van der Waals surface area contributed by atoms with Crippen LogP contribution in [0, 0.1) is 25.5 Å². The third kappa shape index (κ3) is 4.24. The minimum absolute atomic E-state index is 0.00770. The number of hydrogen-bond donors (Lipinski definition) is 2. The van der Waals surface area contributed by atoms with E-state index in [9.17, 15) is 23.5 Å². The molecule has 0 amide bonds. The molecule has 34 heavy (non-hydrogen) atoms. The third-order valence-corrected chi connectivity index (χ3v) is 5.68. The fraction of sp³-hybridized carbons (Fsp3) is 0.160. The van der Waals surface area contributed by atoms with E-state index < -0.39 is 23.6 Å². The highest BCUT2D eigenvalue weighted by molar-refractivity contribution is 6.29. The van der Waals surface area contributed by atoms with Gasteiger partial charge in [-0.2, -0.15) is 0 Å². The van der Waals surface area contributed by atoms with Crippen LogP contribution in [0.1, 0.15) is 40.1 Å². The normalized spacial score (nSPS) is 12.1. The number of carboxylic acids is 1. The fourth-order valence-corrected chi connectivity index (χ4v) is 3.99. The summed E-state index contributed by atoms with van der Waals surface area (Å²) >= 11 is 5.84. The van der Waals surface area contributed by atoms with E-state index in [1.165, 1.54) is 25.1 Å². The Labute approximate surface area is 197 Å². The summed E-state index contributed by atoms with van der Waals surface area (Å²) in [6.45, 7) is 5.09. The molecular weight excluding hydrogens is 466 g/mol. The second-order valence-corrected chi connectivity index (χ2v) is 8.33. The van der Waals surface area contributed by atoms with Crippen LogP contribution in [-0.4, -0.2) is 16.1 Å². The van der Waals surface area contributed by atoms with Gasteiger partial charge >= 0.3 is 5.97 Å². The summed E-state index contributed by atoms with van der Waals surface area (Å²) < 4.78 is 34.0. The summed E-state index contributed by atoms with van der Waals surface area (Å²) in [5.74, 6) is -2.88. The van der Waals surface area contributed by atoms with Crippen molar-refractivity contribution in [2.75, 3.05) is 5.32 Å². The van der Waals surface area contributed by atoms with Crippen molar-refractivity contribution in [3.05, 3.63) is 91.9 Å². The van der Waals surface area contributed by atoms with E-state index in [0.717, 1.165) is 17.7 Å². The van der Waals surface area contributed by atoms with E-state index in [2.05, 4.69) is 10.3 Å². The van der Waals surface area contributed by atoms with Crippen LogP contribution in [0.2, 0.25) is 5.15 Å². The molecular formula is C25H19ClF2N2O4. The van der Waals surface area contributed by atoms with Gasteiger partial charge in [-0.15, -0.1) is 0 Å². The molecule has 0 aliphatic rings. The maximum Gasteiger partial charge on any atom is 0.356 e. The molecule has 0 aliphatic carbocycles. The summed E-state index contributed by atoms with van der Waals surface area (Å²) in [5.41, 5.74) is 1.28. The molecule has 0 bridgehead atoms. The first-order chi connectivity index (χ1) is 16.1. The fourth-order valence-electron chi connectivity index (χ4n) is 3.85. The monoisotopic (exact) mass is 484 g/mol. The number of carboxylic acid groups (broad SMARTS) is 1. The predicted octanol–water partition coefficient (Wildman–Crippen LogP) is 6.27. The average Bonchev–Trinajstić information content (AvgIpc) is 2.77. The first-order valence-corrected chi connectivity index (χ1v) is 10.6. The van der Waals surface area contributed by atoms with Gasteiger partial charge in [0, 0.05) is 17.2 Å². The first-order valence-electron chi connectivity index (χ1n) is 10.3. The molecule has 9 heteroatoms. The summed E-state index contributed by atoms with van der Waals surface area (Å²) in [7, 11) is 0. The molecule has 0 saturated heterocycles. The van der Waals surface area contributed by atoms with Crippen molar-refractivity contribution in [1.82, 2.24) is 4.98 Å². The molecule has 4 aromatic rings. The number of hydrogen-bond acceptors (Lipinski definition) is 5. The molecule has 0 spiro atoms. The van der Waals surface area contributed by atoms with E-state index in [4.69, 9.17) is 16.0 Å². The summed E-state index contributed by atoms with van der Waals surface area (Å²) in [6.07, 6.45) is 0. The van der Waals surface area contributed by atoms with Crippen LogP contribution < -0.4 is 10.7 Å². The van der Waals surface area contributed by atoms with Gasteiger partial charge in [-0.1, -0.05) is 17.7 Å². The molecule has 0 radical (unpaired) electrons. The number of aromatic nitrogens is 1. The molecule has 2 N–H and O–H groups in total. The Hall–Kier alpha value is -3.78. The Morgan fingerprint density at radius 3 is 2.56 bits per heavy atom. The van der Waals surface area contributed by atoms with Crippen LogP contribution in [0.25, 0.3) is 22.3 Å². The number of rotatable bonds is 5. The van der Waals surface area contributed by atoms with Gasteiger partial charge in [0.05, 0.1) is 22.7 Å². The SMILES string of the molecule is Cc1cc([C@@H](C)Nc2ccc(Cl)nc2C(=O)O)c2oc(-c3ccc(F)cc3F)c(C)c(=O)c2c1. The lowest BCUT2D eigenvalue weighted by Gasteiger charge is -2.19. The van der Waals surface area contributed by atoms with Crippen molar-refractivity contribution in [3.8, 4) is 11.3 Å². The summed E-state index contributed by atoms with van der Waals surface area (Å²) in [5, 5.41) is 12.9. The van der Waals surface area contributed by atoms with Gasteiger partial charge in [0.15, 0.2) is 11.1 Å². The highest BCUT2D eigenvalue weighted by Crippen LogP contribution is 2.33. The first kappa shape index (κ1) is 23.4. The molecule has 2 aromatic heterocycles. The zero-order valence-corrected chi connectivity index (χ0v) is 19.1. The van der Waals surface area contributed by atoms with E-state index in [-0.39, 0.29) is 44.4 Å². The van der Waals surface area contributed by atoms with Gasteiger partial charge in [-0.05, 0) is 56.7 Å². The maximum absolute atomic E-state index is 14.5. The van der Waals surface area contributed by atoms with Gasteiger partial charge < -0.3 is 14.8 Å². The van der Waals surface area contributed by atoms with Gasteiger partial charge in [0.1, 0.15) is 28.1 Å². The Balaban J connectivity index is 1.91. The molecule has 2 aromatic carbocycles. The number of fused-ring (bicyclic) bond motifs is 1. The van der Waals surface area contributed by atoms with Crippen molar-refractivity contribution >= 4 is 34.2 Å². The van der Waals surface area contributed by atoms with Gasteiger partial charge in [-0.25, -0.2) is 18.6 Å². The number of nitrogens with zero attached hydrogens (tertiary/aromatic N) is 1. The average molecular weight is 485 g/mol. The second kappa shape index (κ2) is 8.87. The summed E-state index contributed by atoms with van der Waals surface area (Å²) in [4.78, 5) is 28.7. The highest BCUT2D eigenvalue weighted by Gasteiger charge is 2.22. The van der Waals surface area contributed by atoms with E-state index >= 15 is 0 Å². The van der Waals surface area contributed by atoms with Crippen molar-refractivity contribution in [1.29, 1.82) is 0 Å². The van der Waals surface area contributed by atoms with Crippen molar-refractivity contribution in [2.45, 2.75) is 26.8 Å². The molecule has 6 nitrogen and oxygen atoms in total. The van der Waals surface area contributed by atoms with Crippen molar-refractivity contribution in [2.24, 2.45) is 0 Å². The van der Waals surface area contributed by atoms with Gasteiger partial charge in [-0.3, -0.25) is 4.79 Å². The standard InChI is InChI=1S/C25H19ClF2N2O4/c1-11-8-16(13(3)29-19-6-7-20(26)30-21(19)25(32)33)24-17(9-11)22(31)12(2)23(34-24)15-5-4-14(27)10-18(15)28/h4-10,13,29H,1-3H3,(H,32,33)/t13-/m1/s1. The number of aromatic carboxylic acids is 1. The van der Waals surface area contributed by atoms with Gasteiger partial charge in [0.25, 0.3) is 0 Å². The largest absolute Gasteiger partial charge is 0.476 e. The Bertz CT molecular complexity index is 1520. The van der Waals surface area contributed by atoms with Crippen LogP contribution in [0.15, 0.2) is 51.7 Å². The number of nitrogens with one attached hydrogen (secondary N) is 1. The number of halogens is 3. The van der Waals surface area contributed by atoms with E-state index in [1.54, 1.807) is 19.1 Å². The lowest BCUT2D eigenvalue weighted by molar-refractivity contribution is 0.0691. The van der Waals surface area contributed by atoms with Crippen molar-refractivity contribution < 1.29 is 23.1 Å². The molecule has 0 aliphatic heterocycles. The minimum Gasteiger partial charge on any atom is -0.476 e. The molecule has 0 fully saturated rings. The molecule has 2 heterocycles. The number of pyridine rings is 1. The zero-order valence-electron chi connectivity index (χ0n) is 18.4. The number of carbonyl (C=O) groups is 1. The molecule has 1 atom stereocenters. The minimum atomic E-state index is -1.26. The predicted molar refractivity (Wildman–Crippen MR) is 126 cm³/mol. The topological polar surface area (TPSA) is 92.4 Å². The lowest BCUT2D eigenvalue weighted by atomic mass is 9.98. The number of aryl methyl sites for hydroxylation is 1. The smallest absolute Gasteiger partial charge is 0.356 e. The molecule has 4 rings (SSSR count). The van der Waals surface area contributed by atoms with E-state index in [0.29, 0.717) is 10.9 Å². The molecule has 174 valence electrons. The second-order valence-electron chi connectivity index (χ2n) is 7.94. The van der Waals surface area contributed by atoms with E-state index in [1.807, 2.05) is 6.92 Å². The Morgan fingerprint density at radius 2 is 1.88 bits per heavy atom. The molecule has 0 saturated carbocycles. The van der Waals surface area contributed by atoms with Crippen LogP contribution in [0.5, 0.6) is 0 Å². The number of benzene rings is 2. The molecule has 0 unspecified atom stereocenters. The third-order valence-electron chi connectivity index (χ3n) is 5.47.